The summed E-state index contributed by atoms with van der Waals surface area (Å²) in [4.78, 5) is 0. The molecule has 0 nitrogen and oxygen atoms in total. The normalized spacial score (nSPS) is 13.1. The SMILES string of the molecule is ClCCCCCCCCC=CCP(I)(c1ccccc1)(c1ccccc1)c1ccccc1. The van der Waals surface area contributed by atoms with Crippen molar-refractivity contribution in [2.24, 2.45) is 0 Å². The van der Waals surface area contributed by atoms with Crippen LogP contribution in [0.2, 0.25) is 0 Å². The minimum atomic E-state index is -2.66. The van der Waals surface area contributed by atoms with Crippen LogP contribution in [0.4, 0.5) is 0 Å². The fourth-order valence-corrected chi connectivity index (χ4v) is 12.7. The van der Waals surface area contributed by atoms with Crippen LogP contribution < -0.4 is 15.9 Å². The van der Waals surface area contributed by atoms with Gasteiger partial charge in [0.25, 0.3) is 0 Å². The van der Waals surface area contributed by atoms with E-state index in [9.17, 15) is 0 Å². The Morgan fingerprint density at radius 2 is 0.969 bits per heavy atom. The molecule has 3 aromatic rings. The first-order valence-corrected chi connectivity index (χ1v) is 17.5. The molecule has 0 bridgehead atoms. The topological polar surface area (TPSA) is 0 Å². The Morgan fingerprint density at radius 3 is 1.41 bits per heavy atom. The summed E-state index contributed by atoms with van der Waals surface area (Å²) in [6, 6.07) is 33.5. The molecule has 3 rings (SSSR count). The molecule has 0 aliphatic carbocycles. The molecule has 3 heteroatoms. The van der Waals surface area contributed by atoms with Gasteiger partial charge < -0.3 is 0 Å². The molecular weight excluding hydrogens is 542 g/mol. The van der Waals surface area contributed by atoms with Gasteiger partial charge >= 0.3 is 214 Å². The van der Waals surface area contributed by atoms with Gasteiger partial charge in [-0.15, -0.1) is 0 Å². The summed E-state index contributed by atoms with van der Waals surface area (Å²) < 4.78 is -2.66. The van der Waals surface area contributed by atoms with E-state index in [-0.39, 0.29) is 0 Å². The van der Waals surface area contributed by atoms with E-state index in [1.165, 1.54) is 48.0 Å². The van der Waals surface area contributed by atoms with Crippen molar-refractivity contribution in [3.8, 4) is 0 Å². The first-order valence-electron chi connectivity index (χ1n) is 11.8. The molecule has 0 radical (unpaired) electrons. The van der Waals surface area contributed by atoms with Crippen LogP contribution >= 0.6 is 37.9 Å². The summed E-state index contributed by atoms with van der Waals surface area (Å²) in [5.74, 6) is 0.801. The van der Waals surface area contributed by atoms with E-state index in [1.807, 2.05) is 0 Å². The fourth-order valence-electron chi connectivity index (χ4n) is 4.43. The summed E-state index contributed by atoms with van der Waals surface area (Å²) >= 11 is 8.63. The van der Waals surface area contributed by atoms with Gasteiger partial charge in [0.2, 0.25) is 0 Å². The zero-order valence-electron chi connectivity index (χ0n) is 18.9. The molecule has 0 N–H and O–H groups in total. The summed E-state index contributed by atoms with van der Waals surface area (Å²) in [6.45, 7) is 0. The summed E-state index contributed by atoms with van der Waals surface area (Å²) in [7, 11) is 0. The predicted octanol–water partition coefficient (Wildman–Crippen LogP) is 8.39. The third kappa shape index (κ3) is 6.04. The maximum absolute atomic E-state index is 5.77. The van der Waals surface area contributed by atoms with Gasteiger partial charge in [0.05, 0.1) is 0 Å². The molecule has 0 fully saturated rings. The maximum atomic E-state index is 5.77. The summed E-state index contributed by atoms with van der Waals surface area (Å²) in [5.41, 5.74) is 0. The third-order valence-electron chi connectivity index (χ3n) is 6.25. The molecule has 0 aliphatic rings. The van der Waals surface area contributed by atoms with Crippen LogP contribution in [0.1, 0.15) is 44.9 Å². The molecule has 170 valence electrons. The molecule has 0 unspecified atom stereocenters. The molecule has 0 heterocycles. The van der Waals surface area contributed by atoms with Crippen LogP contribution in [-0.4, -0.2) is 12.0 Å². The number of rotatable bonds is 13. The van der Waals surface area contributed by atoms with E-state index in [0.29, 0.717) is 0 Å². The molecule has 3 aromatic carbocycles. The van der Waals surface area contributed by atoms with Crippen LogP contribution in [-0.2, 0) is 0 Å². The Morgan fingerprint density at radius 1 is 0.562 bits per heavy atom. The van der Waals surface area contributed by atoms with Gasteiger partial charge in [0.15, 0.2) is 0 Å². The molecule has 0 spiro atoms. The second-order valence-electron chi connectivity index (χ2n) is 8.44. The van der Waals surface area contributed by atoms with Gasteiger partial charge in [-0.05, 0) is 0 Å². The Hall–Kier alpha value is -1.15. The van der Waals surface area contributed by atoms with Crippen LogP contribution in [0.25, 0.3) is 0 Å². The number of alkyl halides is 1. The van der Waals surface area contributed by atoms with Gasteiger partial charge in [-0.2, -0.15) is 0 Å². The number of hydrogen-bond donors (Lipinski definition) is 0. The second kappa shape index (κ2) is 12.9. The first kappa shape index (κ1) is 25.5. The summed E-state index contributed by atoms with van der Waals surface area (Å²) in [5, 5.41) is 4.33. The van der Waals surface area contributed by atoms with Gasteiger partial charge in [-0.25, -0.2) is 0 Å². The molecule has 0 aliphatic heterocycles. The van der Waals surface area contributed by atoms with Gasteiger partial charge in [-0.1, -0.05) is 0 Å². The van der Waals surface area contributed by atoms with Crippen molar-refractivity contribution in [2.75, 3.05) is 12.0 Å². The number of hydrogen-bond acceptors (Lipinski definition) is 0. The van der Waals surface area contributed by atoms with E-state index in [4.69, 9.17) is 11.6 Å². The van der Waals surface area contributed by atoms with Crippen LogP contribution in [0, 0.1) is 0 Å². The van der Waals surface area contributed by atoms with Crippen molar-refractivity contribution in [1.29, 1.82) is 0 Å². The van der Waals surface area contributed by atoms with Gasteiger partial charge in [-0.3, -0.25) is 0 Å². The Bertz CT molecular complexity index is 841. The zero-order valence-corrected chi connectivity index (χ0v) is 22.7. The second-order valence-corrected chi connectivity index (χ2v) is 19.5. The van der Waals surface area contributed by atoms with Crippen molar-refractivity contribution in [3.05, 3.63) is 103 Å². The van der Waals surface area contributed by atoms with Crippen molar-refractivity contribution in [3.63, 3.8) is 0 Å². The molecule has 32 heavy (non-hydrogen) atoms. The van der Waals surface area contributed by atoms with Gasteiger partial charge in [0.1, 0.15) is 0 Å². The predicted molar refractivity (Wildman–Crippen MR) is 156 cm³/mol. The molecule has 0 saturated heterocycles. The Labute approximate surface area is 212 Å². The van der Waals surface area contributed by atoms with Gasteiger partial charge in [0, 0.05) is 0 Å². The van der Waals surface area contributed by atoms with E-state index >= 15 is 0 Å². The number of benzene rings is 3. The Kier molecular flexibility index (Phi) is 10.3. The average molecular weight is 577 g/mol. The monoisotopic (exact) mass is 576 g/mol. The van der Waals surface area contributed by atoms with Crippen molar-refractivity contribution < 1.29 is 0 Å². The van der Waals surface area contributed by atoms with E-state index in [0.717, 1.165) is 24.9 Å². The average Bonchev–Trinajstić information content (AvgIpc) is 2.87. The number of halogens is 2. The van der Waals surface area contributed by atoms with Crippen LogP contribution in [0.5, 0.6) is 0 Å². The third-order valence-corrected chi connectivity index (χ3v) is 17.7. The summed E-state index contributed by atoms with van der Waals surface area (Å²) in [6.07, 6.45) is 14.8. The quantitative estimate of drug-likeness (QED) is 0.0630. The first-order chi connectivity index (χ1) is 15.7. The molecular formula is C29H35ClIP. The van der Waals surface area contributed by atoms with Crippen molar-refractivity contribution in [1.82, 2.24) is 0 Å². The number of allylic oxidation sites excluding steroid dienone is 2. The van der Waals surface area contributed by atoms with Crippen molar-refractivity contribution >= 4 is 53.8 Å². The molecule has 0 aromatic heterocycles. The fraction of sp³-hybridized carbons (Fsp3) is 0.310. The van der Waals surface area contributed by atoms with Crippen LogP contribution in [0.15, 0.2) is 103 Å². The van der Waals surface area contributed by atoms with E-state index < -0.39 is 4.25 Å². The number of unbranched alkanes of at least 4 members (excludes halogenated alkanes) is 6. The molecule has 0 amide bonds. The standard InChI is InChI=1S/C29H35ClIP/c30-25-17-6-4-2-1-3-5-7-18-26-32(31,27-19-11-8-12-20-27,28-21-13-9-14-22-28)29-23-15-10-16-24-29/h7-16,18-24H,1-6,17,25-26H2. The van der Waals surface area contributed by atoms with E-state index in [1.54, 1.807) is 0 Å². The Balaban J connectivity index is 1.85. The molecule has 0 atom stereocenters. The van der Waals surface area contributed by atoms with Crippen molar-refractivity contribution in [2.45, 2.75) is 44.9 Å². The van der Waals surface area contributed by atoms with Crippen LogP contribution in [0.3, 0.4) is 0 Å². The van der Waals surface area contributed by atoms with E-state index in [2.05, 4.69) is 125 Å². The zero-order chi connectivity index (χ0) is 22.6. The minimum absolute atomic E-state index is 0.801. The molecule has 0 saturated carbocycles.